The SMILES string of the molecule is COCCOCOC(=C(F)F)c1cccs1. The summed E-state index contributed by atoms with van der Waals surface area (Å²) in [5.74, 6) is -0.424. The fraction of sp³-hybridized carbons (Fsp3) is 0.400. The Labute approximate surface area is 96.2 Å². The zero-order valence-corrected chi connectivity index (χ0v) is 9.56. The zero-order valence-electron chi connectivity index (χ0n) is 8.74. The molecule has 0 radical (unpaired) electrons. The first kappa shape index (κ1) is 13.1. The van der Waals surface area contributed by atoms with E-state index in [1.807, 2.05) is 0 Å². The van der Waals surface area contributed by atoms with Crippen molar-refractivity contribution in [3.8, 4) is 0 Å². The van der Waals surface area contributed by atoms with Gasteiger partial charge in [-0.25, -0.2) is 0 Å². The van der Waals surface area contributed by atoms with E-state index in [0.717, 1.165) is 0 Å². The predicted octanol–water partition coefficient (Wildman–Crippen LogP) is 2.95. The van der Waals surface area contributed by atoms with Gasteiger partial charge in [0.2, 0.25) is 5.76 Å². The minimum absolute atomic E-state index is 0.214. The summed E-state index contributed by atoms with van der Waals surface area (Å²) < 4.78 is 39.6. The minimum Gasteiger partial charge on any atom is -0.460 e. The lowest BCUT2D eigenvalue weighted by Gasteiger charge is -2.08. The Morgan fingerprint density at radius 1 is 1.38 bits per heavy atom. The van der Waals surface area contributed by atoms with Gasteiger partial charge in [-0.15, -0.1) is 11.3 Å². The van der Waals surface area contributed by atoms with E-state index in [1.54, 1.807) is 17.5 Å². The Kier molecular flexibility index (Phi) is 5.99. The maximum Gasteiger partial charge on any atom is 0.313 e. The fourth-order valence-electron chi connectivity index (χ4n) is 0.928. The van der Waals surface area contributed by atoms with E-state index in [2.05, 4.69) is 0 Å². The van der Waals surface area contributed by atoms with Crippen LogP contribution in [0.25, 0.3) is 5.76 Å². The average molecular weight is 250 g/mol. The van der Waals surface area contributed by atoms with Crippen LogP contribution in [-0.4, -0.2) is 27.1 Å². The van der Waals surface area contributed by atoms with Crippen LogP contribution in [0.4, 0.5) is 8.78 Å². The third kappa shape index (κ3) is 4.26. The summed E-state index contributed by atoms with van der Waals surface area (Å²) in [5.41, 5.74) is 0. The fourth-order valence-corrected chi connectivity index (χ4v) is 1.63. The number of hydrogen-bond acceptors (Lipinski definition) is 4. The van der Waals surface area contributed by atoms with Crippen molar-refractivity contribution in [1.29, 1.82) is 0 Å². The monoisotopic (exact) mass is 250 g/mol. The van der Waals surface area contributed by atoms with E-state index in [-0.39, 0.29) is 6.79 Å². The van der Waals surface area contributed by atoms with Crippen molar-refractivity contribution in [1.82, 2.24) is 0 Å². The molecule has 0 aromatic carbocycles. The maximum absolute atomic E-state index is 12.5. The van der Waals surface area contributed by atoms with Crippen LogP contribution in [0.3, 0.4) is 0 Å². The topological polar surface area (TPSA) is 27.7 Å². The minimum atomic E-state index is -1.85. The molecule has 0 aliphatic rings. The van der Waals surface area contributed by atoms with Gasteiger partial charge in [-0.05, 0) is 11.4 Å². The molecule has 3 nitrogen and oxygen atoms in total. The molecule has 0 fully saturated rings. The number of ether oxygens (including phenoxy) is 3. The largest absolute Gasteiger partial charge is 0.460 e. The molecule has 90 valence electrons. The second-order valence-electron chi connectivity index (χ2n) is 2.73. The van der Waals surface area contributed by atoms with Gasteiger partial charge in [0.25, 0.3) is 0 Å². The van der Waals surface area contributed by atoms with Crippen LogP contribution >= 0.6 is 11.3 Å². The number of thiophene rings is 1. The van der Waals surface area contributed by atoms with E-state index in [1.165, 1.54) is 18.4 Å². The van der Waals surface area contributed by atoms with Crippen LogP contribution in [0.15, 0.2) is 23.6 Å². The van der Waals surface area contributed by atoms with Crippen LogP contribution < -0.4 is 0 Å². The molecule has 0 unspecified atom stereocenters. The normalized spacial score (nSPS) is 10.2. The summed E-state index contributed by atoms with van der Waals surface area (Å²) in [6.45, 7) is 0.496. The van der Waals surface area contributed by atoms with Crippen molar-refractivity contribution in [3.63, 3.8) is 0 Å². The second-order valence-corrected chi connectivity index (χ2v) is 3.68. The molecule has 1 aromatic heterocycles. The number of hydrogen-bond donors (Lipinski definition) is 0. The van der Waals surface area contributed by atoms with Crippen molar-refractivity contribution >= 4 is 17.1 Å². The molecule has 16 heavy (non-hydrogen) atoms. The van der Waals surface area contributed by atoms with Crippen molar-refractivity contribution in [2.24, 2.45) is 0 Å². The number of rotatable bonds is 7. The van der Waals surface area contributed by atoms with E-state index < -0.39 is 11.8 Å². The van der Waals surface area contributed by atoms with Crippen LogP contribution in [-0.2, 0) is 14.2 Å². The molecule has 0 saturated carbocycles. The Morgan fingerprint density at radius 2 is 2.19 bits per heavy atom. The lowest BCUT2D eigenvalue weighted by molar-refractivity contribution is -0.0235. The molecular formula is C10H12F2O3S. The Morgan fingerprint density at radius 3 is 2.75 bits per heavy atom. The zero-order chi connectivity index (χ0) is 11.8. The van der Waals surface area contributed by atoms with Gasteiger partial charge in [-0.1, -0.05) is 6.07 Å². The van der Waals surface area contributed by atoms with Crippen LogP contribution in [0.2, 0.25) is 0 Å². The van der Waals surface area contributed by atoms with Gasteiger partial charge in [0, 0.05) is 7.11 Å². The molecule has 0 amide bonds. The predicted molar refractivity (Wildman–Crippen MR) is 57.2 cm³/mol. The Bertz CT molecular complexity index is 321. The number of methoxy groups -OCH3 is 1. The van der Waals surface area contributed by atoms with Gasteiger partial charge >= 0.3 is 6.08 Å². The molecule has 0 spiro atoms. The summed E-state index contributed by atoms with van der Waals surface area (Å²) in [7, 11) is 1.53. The van der Waals surface area contributed by atoms with Crippen molar-refractivity contribution < 1.29 is 23.0 Å². The standard InChI is InChI=1S/C10H12F2O3S/c1-13-4-5-14-7-15-9(10(11)12)8-3-2-6-16-8/h2-3,6H,4-5,7H2,1H3. The van der Waals surface area contributed by atoms with Gasteiger partial charge in [-0.3, -0.25) is 0 Å². The van der Waals surface area contributed by atoms with E-state index in [0.29, 0.717) is 18.1 Å². The van der Waals surface area contributed by atoms with E-state index in [4.69, 9.17) is 14.2 Å². The lowest BCUT2D eigenvalue weighted by Crippen LogP contribution is -2.05. The highest BCUT2D eigenvalue weighted by Crippen LogP contribution is 2.25. The molecule has 1 heterocycles. The molecule has 0 saturated heterocycles. The Balaban J connectivity index is 2.40. The maximum atomic E-state index is 12.5. The number of halogens is 2. The van der Waals surface area contributed by atoms with Gasteiger partial charge < -0.3 is 14.2 Å². The summed E-state index contributed by atoms with van der Waals surface area (Å²) in [4.78, 5) is 0.385. The van der Waals surface area contributed by atoms with Crippen molar-refractivity contribution in [2.45, 2.75) is 0 Å². The molecule has 0 N–H and O–H groups in total. The second kappa shape index (κ2) is 7.32. The molecule has 0 bridgehead atoms. The van der Waals surface area contributed by atoms with Gasteiger partial charge in [-0.2, -0.15) is 8.78 Å². The van der Waals surface area contributed by atoms with Crippen LogP contribution in [0.1, 0.15) is 4.88 Å². The summed E-state index contributed by atoms with van der Waals surface area (Å²) in [6, 6.07) is 3.24. The molecule has 0 aliphatic heterocycles. The van der Waals surface area contributed by atoms with E-state index >= 15 is 0 Å². The third-order valence-electron chi connectivity index (χ3n) is 1.64. The third-order valence-corrected chi connectivity index (χ3v) is 2.50. The first-order chi connectivity index (χ1) is 7.75. The quantitative estimate of drug-likeness (QED) is 0.423. The van der Waals surface area contributed by atoms with Crippen molar-refractivity contribution in [3.05, 3.63) is 28.5 Å². The van der Waals surface area contributed by atoms with Gasteiger partial charge in [0.1, 0.15) is 0 Å². The Hall–Kier alpha value is -0.980. The molecule has 0 atom stereocenters. The molecule has 1 rings (SSSR count). The summed E-state index contributed by atoms with van der Waals surface area (Å²) in [5, 5.41) is 1.70. The molecule has 1 aromatic rings. The van der Waals surface area contributed by atoms with Gasteiger partial charge in [0.05, 0.1) is 18.1 Å². The first-order valence-electron chi connectivity index (χ1n) is 4.54. The lowest BCUT2D eigenvalue weighted by atomic mass is 10.4. The first-order valence-corrected chi connectivity index (χ1v) is 5.42. The molecular weight excluding hydrogens is 238 g/mol. The van der Waals surface area contributed by atoms with E-state index in [9.17, 15) is 8.78 Å². The highest BCUT2D eigenvalue weighted by atomic mass is 32.1. The molecule has 0 aliphatic carbocycles. The van der Waals surface area contributed by atoms with Gasteiger partial charge in [0.15, 0.2) is 6.79 Å². The van der Waals surface area contributed by atoms with Crippen LogP contribution in [0, 0.1) is 0 Å². The van der Waals surface area contributed by atoms with Crippen molar-refractivity contribution in [2.75, 3.05) is 27.1 Å². The van der Waals surface area contributed by atoms with Crippen LogP contribution in [0.5, 0.6) is 0 Å². The summed E-state index contributed by atoms with van der Waals surface area (Å²) in [6.07, 6.45) is -1.85. The highest BCUT2D eigenvalue weighted by molar-refractivity contribution is 7.11. The molecule has 6 heteroatoms. The highest BCUT2D eigenvalue weighted by Gasteiger charge is 2.11. The average Bonchev–Trinajstić information content (AvgIpc) is 2.76. The summed E-state index contributed by atoms with van der Waals surface area (Å²) >= 11 is 1.18. The smallest absolute Gasteiger partial charge is 0.313 e.